The van der Waals surface area contributed by atoms with Crippen LogP contribution in [0.5, 0.6) is 5.75 Å². The van der Waals surface area contributed by atoms with Gasteiger partial charge in [-0.3, -0.25) is 0 Å². The van der Waals surface area contributed by atoms with E-state index >= 15 is 0 Å². The van der Waals surface area contributed by atoms with Gasteiger partial charge < -0.3 is 10.5 Å². The molecule has 0 atom stereocenters. The topological polar surface area (TPSA) is 35.2 Å². The second-order valence-electron chi connectivity index (χ2n) is 4.52. The van der Waals surface area contributed by atoms with Crippen molar-refractivity contribution in [3.05, 3.63) is 28.8 Å². The van der Waals surface area contributed by atoms with E-state index in [2.05, 4.69) is 26.0 Å². The van der Waals surface area contributed by atoms with Crippen LogP contribution in [0.4, 0.5) is 0 Å². The lowest BCUT2D eigenvalue weighted by Crippen LogP contribution is -2.20. The third-order valence-electron chi connectivity index (χ3n) is 3.15. The Morgan fingerprint density at radius 3 is 2.47 bits per heavy atom. The first-order valence-corrected chi connectivity index (χ1v) is 5.60. The van der Waals surface area contributed by atoms with Gasteiger partial charge in [-0.05, 0) is 56.4 Å². The summed E-state index contributed by atoms with van der Waals surface area (Å²) < 4.78 is 5.56. The molecular weight excluding hydrogens is 186 g/mol. The van der Waals surface area contributed by atoms with Crippen molar-refractivity contribution in [1.82, 2.24) is 0 Å². The average molecular weight is 205 g/mol. The lowest BCUT2D eigenvalue weighted by Gasteiger charge is -2.16. The van der Waals surface area contributed by atoms with Crippen LogP contribution in [0.1, 0.15) is 36.5 Å². The Kier molecular flexibility index (Phi) is 2.47. The highest BCUT2D eigenvalue weighted by Gasteiger charge is 2.41. The van der Waals surface area contributed by atoms with Crippen molar-refractivity contribution in [2.75, 3.05) is 6.61 Å². The van der Waals surface area contributed by atoms with Gasteiger partial charge in [0.05, 0.1) is 6.61 Å². The quantitative estimate of drug-likeness (QED) is 0.823. The molecule has 0 bridgehead atoms. The Morgan fingerprint density at radius 2 is 1.93 bits per heavy atom. The Labute approximate surface area is 91.4 Å². The fourth-order valence-electron chi connectivity index (χ4n) is 2.04. The summed E-state index contributed by atoms with van der Waals surface area (Å²) in [6.45, 7) is 6.92. The van der Waals surface area contributed by atoms with Crippen molar-refractivity contribution in [3.63, 3.8) is 0 Å². The molecule has 1 aromatic carbocycles. The molecule has 0 aromatic heterocycles. The van der Waals surface area contributed by atoms with E-state index < -0.39 is 0 Å². The number of hydrogen-bond donors (Lipinski definition) is 1. The summed E-state index contributed by atoms with van der Waals surface area (Å²) in [5.74, 6) is 0.989. The number of aryl methyl sites for hydroxylation is 2. The normalized spacial score (nSPS) is 17.6. The molecule has 0 heterocycles. The maximum Gasteiger partial charge on any atom is 0.122 e. The average Bonchev–Trinajstić information content (AvgIpc) is 2.91. The maximum atomic E-state index is 6.22. The minimum atomic E-state index is -0.0421. The molecule has 0 unspecified atom stereocenters. The van der Waals surface area contributed by atoms with Crippen LogP contribution >= 0.6 is 0 Å². The van der Waals surface area contributed by atoms with Gasteiger partial charge in [-0.1, -0.05) is 6.07 Å². The van der Waals surface area contributed by atoms with Crippen LogP contribution in [0.15, 0.2) is 12.1 Å². The minimum absolute atomic E-state index is 0.0421. The van der Waals surface area contributed by atoms with Gasteiger partial charge >= 0.3 is 0 Å². The molecule has 2 rings (SSSR count). The highest BCUT2D eigenvalue weighted by atomic mass is 16.5. The zero-order chi connectivity index (χ0) is 11.1. The molecule has 82 valence electrons. The lowest BCUT2D eigenvalue weighted by molar-refractivity contribution is 0.337. The van der Waals surface area contributed by atoms with E-state index in [0.29, 0.717) is 6.61 Å². The third kappa shape index (κ3) is 1.86. The van der Waals surface area contributed by atoms with Crippen molar-refractivity contribution < 1.29 is 4.74 Å². The molecular formula is C13H19NO. The van der Waals surface area contributed by atoms with Gasteiger partial charge in [0.2, 0.25) is 0 Å². The molecule has 1 fully saturated rings. The van der Waals surface area contributed by atoms with Gasteiger partial charge in [0.1, 0.15) is 5.75 Å². The number of nitrogens with two attached hydrogens (primary N) is 1. The predicted octanol–water partition coefficient (Wildman–Crippen LogP) is 2.65. The molecule has 1 aromatic rings. The van der Waals surface area contributed by atoms with E-state index in [4.69, 9.17) is 10.5 Å². The molecule has 0 amide bonds. The number of ether oxygens (including phenoxy) is 1. The molecule has 0 spiro atoms. The van der Waals surface area contributed by atoms with E-state index in [-0.39, 0.29) is 5.54 Å². The van der Waals surface area contributed by atoms with Crippen molar-refractivity contribution in [2.45, 2.75) is 39.2 Å². The van der Waals surface area contributed by atoms with Gasteiger partial charge in [0.15, 0.2) is 0 Å². The Bertz CT molecular complexity index is 380. The van der Waals surface area contributed by atoms with Gasteiger partial charge in [-0.2, -0.15) is 0 Å². The van der Waals surface area contributed by atoms with Gasteiger partial charge in [0, 0.05) is 5.54 Å². The van der Waals surface area contributed by atoms with E-state index in [9.17, 15) is 0 Å². The second-order valence-corrected chi connectivity index (χ2v) is 4.52. The number of benzene rings is 1. The van der Waals surface area contributed by atoms with Crippen molar-refractivity contribution in [3.8, 4) is 5.75 Å². The molecule has 1 aliphatic carbocycles. The summed E-state index contributed by atoms with van der Waals surface area (Å²) in [6, 6.07) is 4.30. The Hall–Kier alpha value is -1.02. The molecule has 1 aliphatic rings. The van der Waals surface area contributed by atoms with Gasteiger partial charge in [-0.15, -0.1) is 0 Å². The third-order valence-corrected chi connectivity index (χ3v) is 3.15. The first-order valence-electron chi connectivity index (χ1n) is 5.60. The molecule has 2 heteroatoms. The second kappa shape index (κ2) is 3.53. The summed E-state index contributed by atoms with van der Waals surface area (Å²) in [5.41, 5.74) is 9.92. The fraction of sp³-hybridized carbons (Fsp3) is 0.538. The van der Waals surface area contributed by atoms with Crippen LogP contribution in [-0.2, 0) is 5.54 Å². The summed E-state index contributed by atoms with van der Waals surface area (Å²) in [5, 5.41) is 0. The maximum absolute atomic E-state index is 6.22. The van der Waals surface area contributed by atoms with Crippen LogP contribution in [0.2, 0.25) is 0 Å². The van der Waals surface area contributed by atoms with Crippen molar-refractivity contribution in [1.29, 1.82) is 0 Å². The molecule has 2 nitrogen and oxygen atoms in total. The van der Waals surface area contributed by atoms with Gasteiger partial charge in [0.25, 0.3) is 0 Å². The van der Waals surface area contributed by atoms with Crippen LogP contribution in [-0.4, -0.2) is 6.61 Å². The SMILES string of the molecule is CCOc1cc(C)c(C2(N)CC2)cc1C. The first kappa shape index (κ1) is 10.5. The highest BCUT2D eigenvalue weighted by molar-refractivity contribution is 5.46. The number of rotatable bonds is 3. The van der Waals surface area contributed by atoms with Crippen LogP contribution in [0.3, 0.4) is 0 Å². The molecule has 0 saturated heterocycles. The molecule has 0 aliphatic heterocycles. The van der Waals surface area contributed by atoms with Crippen LogP contribution in [0, 0.1) is 13.8 Å². The van der Waals surface area contributed by atoms with Crippen molar-refractivity contribution >= 4 is 0 Å². The predicted molar refractivity (Wildman–Crippen MR) is 62.2 cm³/mol. The van der Waals surface area contributed by atoms with Crippen LogP contribution in [0.25, 0.3) is 0 Å². The number of hydrogen-bond acceptors (Lipinski definition) is 2. The van der Waals surface area contributed by atoms with E-state index in [1.165, 1.54) is 16.7 Å². The fourth-order valence-corrected chi connectivity index (χ4v) is 2.04. The highest BCUT2D eigenvalue weighted by Crippen LogP contribution is 2.45. The van der Waals surface area contributed by atoms with Crippen molar-refractivity contribution in [2.24, 2.45) is 5.73 Å². The summed E-state index contributed by atoms with van der Waals surface area (Å²) in [4.78, 5) is 0. The molecule has 15 heavy (non-hydrogen) atoms. The standard InChI is InChI=1S/C13H19NO/c1-4-15-12-8-9(2)11(7-10(12)3)13(14)5-6-13/h7-8H,4-6,14H2,1-3H3. The summed E-state index contributed by atoms with van der Waals surface area (Å²) in [6.07, 6.45) is 2.22. The van der Waals surface area contributed by atoms with E-state index in [1.807, 2.05) is 6.92 Å². The zero-order valence-electron chi connectivity index (χ0n) is 9.76. The summed E-state index contributed by atoms with van der Waals surface area (Å²) in [7, 11) is 0. The van der Waals surface area contributed by atoms with E-state index in [1.54, 1.807) is 0 Å². The smallest absolute Gasteiger partial charge is 0.122 e. The van der Waals surface area contributed by atoms with Crippen LogP contribution < -0.4 is 10.5 Å². The minimum Gasteiger partial charge on any atom is -0.494 e. The zero-order valence-corrected chi connectivity index (χ0v) is 9.76. The monoisotopic (exact) mass is 205 g/mol. The molecule has 0 radical (unpaired) electrons. The Balaban J connectivity index is 2.39. The van der Waals surface area contributed by atoms with E-state index in [0.717, 1.165) is 18.6 Å². The summed E-state index contributed by atoms with van der Waals surface area (Å²) >= 11 is 0. The lowest BCUT2D eigenvalue weighted by atomic mass is 9.97. The largest absolute Gasteiger partial charge is 0.494 e. The Morgan fingerprint density at radius 1 is 1.27 bits per heavy atom. The molecule has 1 saturated carbocycles. The van der Waals surface area contributed by atoms with Gasteiger partial charge in [-0.25, -0.2) is 0 Å². The first-order chi connectivity index (χ1) is 7.07. The molecule has 2 N–H and O–H groups in total.